The molecule has 0 saturated carbocycles. The van der Waals surface area contributed by atoms with E-state index in [1.807, 2.05) is 78.3 Å². The molecule has 0 N–H and O–H groups in total. The predicted molar refractivity (Wildman–Crippen MR) is 112 cm³/mol. The number of rotatable bonds is 3. The van der Waals surface area contributed by atoms with Gasteiger partial charge in [-0.15, -0.1) is 5.10 Å². The summed E-state index contributed by atoms with van der Waals surface area (Å²) in [5.74, 6) is 0. The average Bonchev–Trinajstić information content (AvgIpc) is 3.17. The van der Waals surface area contributed by atoms with Gasteiger partial charge in [-0.3, -0.25) is 0 Å². The van der Waals surface area contributed by atoms with Gasteiger partial charge in [-0.05, 0) is 19.1 Å². The highest BCUT2D eigenvalue weighted by Gasteiger charge is 2.21. The Kier molecular flexibility index (Phi) is 3.95. The number of nitrogens with zero attached hydrogens (tertiary/aromatic N) is 4. The normalized spacial score (nSPS) is 11.0. The SMILES string of the molecule is Cc1nnc(-c2ccccc2)c2nn(-c3ccccc3)c(-c3ccccc3)c12. The van der Waals surface area contributed by atoms with E-state index in [-0.39, 0.29) is 0 Å². The van der Waals surface area contributed by atoms with E-state index in [0.29, 0.717) is 0 Å². The Morgan fingerprint density at radius 2 is 1.21 bits per heavy atom. The molecule has 0 aliphatic rings. The van der Waals surface area contributed by atoms with Gasteiger partial charge in [0.15, 0.2) is 0 Å². The second-order valence-corrected chi connectivity index (χ2v) is 6.69. The van der Waals surface area contributed by atoms with Crippen molar-refractivity contribution in [3.63, 3.8) is 0 Å². The number of hydrogen-bond acceptors (Lipinski definition) is 3. The maximum atomic E-state index is 5.01. The first kappa shape index (κ1) is 16.4. The molecule has 0 saturated heterocycles. The standard InChI is InChI=1S/C24H18N4/c1-17-21-23(22(26-25-17)18-11-5-2-6-12-18)27-28(20-15-9-4-10-16-20)24(21)19-13-7-3-8-14-19/h2-16H,1H3. The molecule has 2 aromatic heterocycles. The van der Waals surface area contributed by atoms with Gasteiger partial charge in [-0.1, -0.05) is 78.9 Å². The summed E-state index contributed by atoms with van der Waals surface area (Å²) in [5.41, 5.74) is 6.69. The molecular formula is C24H18N4. The molecule has 134 valence electrons. The fraction of sp³-hybridized carbons (Fsp3) is 0.0417. The van der Waals surface area contributed by atoms with Crippen LogP contribution in [0.15, 0.2) is 91.0 Å². The molecule has 5 rings (SSSR count). The third kappa shape index (κ3) is 2.67. The molecule has 3 aromatic carbocycles. The van der Waals surface area contributed by atoms with E-state index >= 15 is 0 Å². The van der Waals surface area contributed by atoms with E-state index in [2.05, 4.69) is 34.5 Å². The molecule has 0 spiro atoms. The Labute approximate surface area is 163 Å². The Hall–Kier alpha value is -3.79. The van der Waals surface area contributed by atoms with Crippen LogP contribution in [-0.4, -0.2) is 20.0 Å². The van der Waals surface area contributed by atoms with Crippen LogP contribution in [0.25, 0.3) is 39.1 Å². The summed E-state index contributed by atoms with van der Waals surface area (Å²) < 4.78 is 2.00. The molecule has 4 nitrogen and oxygen atoms in total. The van der Waals surface area contributed by atoms with Crippen LogP contribution >= 0.6 is 0 Å². The fourth-order valence-electron chi connectivity index (χ4n) is 3.56. The van der Waals surface area contributed by atoms with Crippen LogP contribution in [0.5, 0.6) is 0 Å². The van der Waals surface area contributed by atoms with Crippen LogP contribution in [0.3, 0.4) is 0 Å². The molecule has 28 heavy (non-hydrogen) atoms. The third-order valence-electron chi connectivity index (χ3n) is 4.87. The van der Waals surface area contributed by atoms with Crippen molar-refractivity contribution < 1.29 is 0 Å². The lowest BCUT2D eigenvalue weighted by Gasteiger charge is -2.08. The van der Waals surface area contributed by atoms with Crippen LogP contribution in [0.1, 0.15) is 5.69 Å². The van der Waals surface area contributed by atoms with Crippen molar-refractivity contribution in [2.45, 2.75) is 6.92 Å². The van der Waals surface area contributed by atoms with Gasteiger partial charge in [0.2, 0.25) is 0 Å². The van der Waals surface area contributed by atoms with Gasteiger partial charge in [-0.2, -0.15) is 10.2 Å². The van der Waals surface area contributed by atoms with Crippen molar-refractivity contribution in [2.75, 3.05) is 0 Å². The Balaban J connectivity index is 1.90. The molecular weight excluding hydrogens is 344 g/mol. The highest BCUT2D eigenvalue weighted by Crippen LogP contribution is 2.36. The van der Waals surface area contributed by atoms with E-state index in [1.165, 1.54) is 0 Å². The predicted octanol–water partition coefficient (Wildman–Crippen LogP) is 5.46. The van der Waals surface area contributed by atoms with Crippen molar-refractivity contribution >= 4 is 10.9 Å². The molecule has 4 heteroatoms. The van der Waals surface area contributed by atoms with Crippen LogP contribution in [-0.2, 0) is 0 Å². The zero-order valence-corrected chi connectivity index (χ0v) is 15.4. The summed E-state index contributed by atoms with van der Waals surface area (Å²) >= 11 is 0. The Morgan fingerprint density at radius 3 is 1.86 bits per heavy atom. The molecule has 2 heterocycles. The molecule has 5 aromatic rings. The second-order valence-electron chi connectivity index (χ2n) is 6.69. The molecule has 0 unspecified atom stereocenters. The summed E-state index contributed by atoms with van der Waals surface area (Å²) in [5, 5.41) is 15.0. The number of aromatic nitrogens is 4. The largest absolute Gasteiger partial charge is 0.232 e. The fourth-order valence-corrected chi connectivity index (χ4v) is 3.56. The first-order chi connectivity index (χ1) is 13.8. The summed E-state index contributed by atoms with van der Waals surface area (Å²) in [6, 6.07) is 30.6. The summed E-state index contributed by atoms with van der Waals surface area (Å²) in [6.07, 6.45) is 0. The number of aryl methyl sites for hydroxylation is 1. The highest BCUT2D eigenvalue weighted by atomic mass is 15.3. The molecule has 0 atom stereocenters. The second kappa shape index (κ2) is 6.74. The topological polar surface area (TPSA) is 43.6 Å². The van der Waals surface area contributed by atoms with Crippen molar-refractivity contribution in [1.29, 1.82) is 0 Å². The van der Waals surface area contributed by atoms with Gasteiger partial charge in [0, 0.05) is 11.1 Å². The summed E-state index contributed by atoms with van der Waals surface area (Å²) in [4.78, 5) is 0. The molecule has 0 fully saturated rings. The van der Waals surface area contributed by atoms with Crippen molar-refractivity contribution in [1.82, 2.24) is 20.0 Å². The lowest BCUT2D eigenvalue weighted by atomic mass is 10.0. The van der Waals surface area contributed by atoms with Crippen LogP contribution in [0.2, 0.25) is 0 Å². The molecule has 0 aliphatic carbocycles. The quantitative estimate of drug-likeness (QED) is 0.428. The Morgan fingerprint density at radius 1 is 0.643 bits per heavy atom. The number of hydrogen-bond donors (Lipinski definition) is 0. The van der Waals surface area contributed by atoms with Crippen molar-refractivity contribution in [3.8, 4) is 28.2 Å². The average molecular weight is 362 g/mol. The maximum absolute atomic E-state index is 5.01. The first-order valence-corrected chi connectivity index (χ1v) is 9.25. The van der Waals surface area contributed by atoms with Gasteiger partial charge in [0.25, 0.3) is 0 Å². The van der Waals surface area contributed by atoms with Crippen molar-refractivity contribution in [2.24, 2.45) is 0 Å². The summed E-state index contributed by atoms with van der Waals surface area (Å²) in [7, 11) is 0. The van der Waals surface area contributed by atoms with E-state index in [9.17, 15) is 0 Å². The first-order valence-electron chi connectivity index (χ1n) is 9.25. The minimum atomic E-state index is 0.799. The Bertz CT molecular complexity index is 1240. The van der Waals surface area contributed by atoms with E-state index in [4.69, 9.17) is 5.10 Å². The third-order valence-corrected chi connectivity index (χ3v) is 4.87. The summed E-state index contributed by atoms with van der Waals surface area (Å²) in [6.45, 7) is 1.99. The van der Waals surface area contributed by atoms with E-state index < -0.39 is 0 Å². The number of benzene rings is 3. The minimum absolute atomic E-state index is 0.799. The highest BCUT2D eigenvalue weighted by molar-refractivity contribution is 6.01. The molecule has 0 bridgehead atoms. The van der Waals surface area contributed by atoms with Crippen LogP contribution in [0.4, 0.5) is 0 Å². The zero-order chi connectivity index (χ0) is 18.9. The van der Waals surface area contributed by atoms with Crippen molar-refractivity contribution in [3.05, 3.63) is 96.7 Å². The molecule has 0 radical (unpaired) electrons. The van der Waals surface area contributed by atoms with Crippen LogP contribution in [0, 0.1) is 6.92 Å². The number of fused-ring (bicyclic) bond motifs is 1. The van der Waals surface area contributed by atoms with Gasteiger partial charge >= 0.3 is 0 Å². The number of para-hydroxylation sites is 1. The van der Waals surface area contributed by atoms with Gasteiger partial charge < -0.3 is 0 Å². The van der Waals surface area contributed by atoms with Gasteiger partial charge in [0.05, 0.1) is 22.5 Å². The van der Waals surface area contributed by atoms with E-state index in [1.54, 1.807) is 0 Å². The molecule has 0 amide bonds. The minimum Gasteiger partial charge on any atom is -0.232 e. The zero-order valence-electron chi connectivity index (χ0n) is 15.4. The van der Waals surface area contributed by atoms with E-state index in [0.717, 1.165) is 44.8 Å². The smallest absolute Gasteiger partial charge is 0.123 e. The lowest BCUT2D eigenvalue weighted by Crippen LogP contribution is -1.98. The van der Waals surface area contributed by atoms with Gasteiger partial charge in [-0.25, -0.2) is 4.68 Å². The lowest BCUT2D eigenvalue weighted by molar-refractivity contribution is 0.902. The monoisotopic (exact) mass is 362 g/mol. The maximum Gasteiger partial charge on any atom is 0.123 e. The molecule has 0 aliphatic heterocycles. The van der Waals surface area contributed by atoms with Gasteiger partial charge in [0.1, 0.15) is 11.2 Å². The van der Waals surface area contributed by atoms with Crippen LogP contribution < -0.4 is 0 Å².